The molecular formula is C19H23NO5S2. The van der Waals surface area contributed by atoms with Gasteiger partial charge in [0.25, 0.3) is 5.91 Å². The third kappa shape index (κ3) is 5.23. The number of thiocarbonyl (C=S) groups is 1. The quantitative estimate of drug-likeness (QED) is 0.376. The molecule has 1 heterocycles. The first kappa shape index (κ1) is 21.2. The molecule has 8 heteroatoms. The summed E-state index contributed by atoms with van der Waals surface area (Å²) in [6.45, 7) is 6.53. The van der Waals surface area contributed by atoms with Crippen LogP contribution >= 0.6 is 24.0 Å². The molecule has 1 fully saturated rings. The average Bonchev–Trinajstić information content (AvgIpc) is 2.90. The van der Waals surface area contributed by atoms with Gasteiger partial charge < -0.3 is 14.6 Å². The minimum Gasteiger partial charge on any atom is -0.490 e. The first-order valence-corrected chi connectivity index (χ1v) is 10.0. The fourth-order valence-corrected chi connectivity index (χ4v) is 3.82. The van der Waals surface area contributed by atoms with Crippen molar-refractivity contribution in [2.45, 2.75) is 39.7 Å². The van der Waals surface area contributed by atoms with Gasteiger partial charge in [0.15, 0.2) is 11.5 Å². The Bertz CT molecular complexity index is 762. The van der Waals surface area contributed by atoms with E-state index in [1.165, 1.54) is 6.92 Å². The molecule has 27 heavy (non-hydrogen) atoms. The summed E-state index contributed by atoms with van der Waals surface area (Å²) in [4.78, 5) is 25.2. The fourth-order valence-electron chi connectivity index (χ4n) is 2.40. The minimum absolute atomic E-state index is 0.241. The maximum atomic E-state index is 12.5. The predicted octanol–water partition coefficient (Wildman–Crippen LogP) is 3.94. The summed E-state index contributed by atoms with van der Waals surface area (Å²) in [6.07, 6.45) is 3.68. The Balaban J connectivity index is 2.25. The molecule has 146 valence electrons. The zero-order valence-corrected chi connectivity index (χ0v) is 17.2. The summed E-state index contributed by atoms with van der Waals surface area (Å²) in [6, 6.07) is 4.44. The van der Waals surface area contributed by atoms with Crippen molar-refractivity contribution in [3.8, 4) is 11.5 Å². The van der Waals surface area contributed by atoms with Crippen LogP contribution in [0.25, 0.3) is 6.08 Å². The van der Waals surface area contributed by atoms with Crippen molar-refractivity contribution in [1.29, 1.82) is 0 Å². The van der Waals surface area contributed by atoms with Crippen LogP contribution < -0.4 is 9.47 Å². The number of rotatable bonds is 9. The second-order valence-corrected chi connectivity index (χ2v) is 7.58. The maximum Gasteiger partial charge on any atom is 0.326 e. The molecule has 1 aliphatic heterocycles. The van der Waals surface area contributed by atoms with Crippen LogP contribution in [0, 0.1) is 0 Å². The Morgan fingerprint density at radius 2 is 2.07 bits per heavy atom. The van der Waals surface area contributed by atoms with Crippen molar-refractivity contribution in [2.24, 2.45) is 0 Å². The molecule has 1 aromatic rings. The zero-order valence-electron chi connectivity index (χ0n) is 15.6. The predicted molar refractivity (Wildman–Crippen MR) is 110 cm³/mol. The number of hydrogen-bond donors (Lipinski definition) is 1. The topological polar surface area (TPSA) is 76.1 Å². The summed E-state index contributed by atoms with van der Waals surface area (Å²) in [5, 5.41) is 9.16. The van der Waals surface area contributed by atoms with Crippen molar-refractivity contribution in [3.05, 3.63) is 28.7 Å². The zero-order chi connectivity index (χ0) is 20.0. The molecule has 0 unspecified atom stereocenters. The second-order valence-electron chi connectivity index (χ2n) is 5.91. The van der Waals surface area contributed by atoms with Crippen molar-refractivity contribution in [1.82, 2.24) is 4.90 Å². The number of hydrogen-bond acceptors (Lipinski definition) is 6. The van der Waals surface area contributed by atoms with Crippen LogP contribution in [0.2, 0.25) is 0 Å². The van der Waals surface area contributed by atoms with Crippen LogP contribution in [0.5, 0.6) is 11.5 Å². The fraction of sp³-hybridized carbons (Fsp3) is 0.421. The van der Waals surface area contributed by atoms with E-state index in [1.807, 2.05) is 19.1 Å². The maximum absolute atomic E-state index is 12.5. The molecule has 1 atom stereocenters. The molecule has 0 saturated carbocycles. The molecule has 0 aromatic heterocycles. The minimum atomic E-state index is -1.10. The highest BCUT2D eigenvalue weighted by Crippen LogP contribution is 2.35. The lowest BCUT2D eigenvalue weighted by atomic mass is 10.1. The Labute approximate surface area is 168 Å². The van der Waals surface area contributed by atoms with Crippen molar-refractivity contribution in [3.63, 3.8) is 0 Å². The molecular weight excluding hydrogens is 386 g/mol. The molecule has 6 nitrogen and oxygen atoms in total. The third-order valence-electron chi connectivity index (χ3n) is 3.89. The molecule has 0 radical (unpaired) electrons. The molecule has 0 bridgehead atoms. The molecule has 1 aromatic carbocycles. The van der Waals surface area contributed by atoms with Gasteiger partial charge in [-0.3, -0.25) is 9.69 Å². The molecule has 2 rings (SSSR count). The molecule has 1 N–H and O–H groups in total. The van der Waals surface area contributed by atoms with Gasteiger partial charge in [0.1, 0.15) is 10.4 Å². The monoisotopic (exact) mass is 409 g/mol. The highest BCUT2D eigenvalue weighted by atomic mass is 32.2. The normalized spacial score (nSPS) is 16.7. The summed E-state index contributed by atoms with van der Waals surface area (Å²) in [7, 11) is 0. The second kappa shape index (κ2) is 9.75. The smallest absolute Gasteiger partial charge is 0.326 e. The lowest BCUT2D eigenvalue weighted by Gasteiger charge is -2.18. The summed E-state index contributed by atoms with van der Waals surface area (Å²) >= 11 is 6.27. The highest BCUT2D eigenvalue weighted by molar-refractivity contribution is 8.26. The van der Waals surface area contributed by atoms with Crippen molar-refractivity contribution in [2.75, 3.05) is 13.2 Å². The van der Waals surface area contributed by atoms with Gasteiger partial charge >= 0.3 is 5.97 Å². The van der Waals surface area contributed by atoms with E-state index in [0.717, 1.165) is 35.1 Å². The van der Waals surface area contributed by atoms with Gasteiger partial charge in [0, 0.05) is 0 Å². The number of thioether (sulfide) groups is 1. The standard InChI is InChI=1S/C19H23NO5S2/c1-4-6-9-25-14-8-7-13(10-15(14)24-5-2)11-16-17(21)20(19(26)27-16)12(3)18(22)23/h7-8,10-12H,4-6,9H2,1-3H3,(H,22,23)/b16-11+/t12-/m1/s1. The number of carboxylic acid groups (broad SMARTS) is 1. The molecule has 1 amide bonds. The Kier molecular flexibility index (Phi) is 7.67. The van der Waals surface area contributed by atoms with E-state index in [-0.39, 0.29) is 4.32 Å². The number of carboxylic acids is 1. The van der Waals surface area contributed by atoms with Gasteiger partial charge in [-0.05, 0) is 44.0 Å². The number of ether oxygens (including phenoxy) is 2. The van der Waals surface area contributed by atoms with Gasteiger partial charge in [-0.25, -0.2) is 4.79 Å². The molecule has 1 aliphatic rings. The Morgan fingerprint density at radius 1 is 1.33 bits per heavy atom. The number of aliphatic carboxylic acids is 1. The highest BCUT2D eigenvalue weighted by Gasteiger charge is 2.38. The van der Waals surface area contributed by atoms with E-state index < -0.39 is 17.9 Å². The number of amides is 1. The number of carbonyl (C=O) groups excluding carboxylic acids is 1. The largest absolute Gasteiger partial charge is 0.490 e. The lowest BCUT2D eigenvalue weighted by molar-refractivity contribution is -0.144. The Morgan fingerprint density at radius 3 is 2.70 bits per heavy atom. The van der Waals surface area contributed by atoms with Crippen molar-refractivity contribution < 1.29 is 24.2 Å². The number of nitrogens with zero attached hydrogens (tertiary/aromatic N) is 1. The first-order chi connectivity index (χ1) is 12.9. The van der Waals surface area contributed by atoms with Gasteiger partial charge in [-0.2, -0.15) is 0 Å². The average molecular weight is 410 g/mol. The van der Waals surface area contributed by atoms with Crippen LogP contribution in [0.4, 0.5) is 0 Å². The van der Waals surface area contributed by atoms with E-state index in [2.05, 4.69) is 6.92 Å². The number of carbonyl (C=O) groups is 2. The van der Waals surface area contributed by atoms with Crippen LogP contribution in [0.15, 0.2) is 23.1 Å². The summed E-state index contributed by atoms with van der Waals surface area (Å²) in [5.74, 6) is -0.230. The van der Waals surface area contributed by atoms with Crippen molar-refractivity contribution >= 4 is 46.3 Å². The molecule has 0 spiro atoms. The van der Waals surface area contributed by atoms with Gasteiger partial charge in [-0.15, -0.1) is 0 Å². The summed E-state index contributed by atoms with van der Waals surface area (Å²) < 4.78 is 11.6. The SMILES string of the molecule is CCCCOc1ccc(/C=C2/SC(=S)N([C@H](C)C(=O)O)C2=O)cc1OCC. The van der Waals surface area contributed by atoms with Crippen LogP contribution in [0.3, 0.4) is 0 Å². The van der Waals surface area contributed by atoms with E-state index in [4.69, 9.17) is 26.8 Å². The van der Waals surface area contributed by atoms with E-state index >= 15 is 0 Å². The molecule has 1 saturated heterocycles. The summed E-state index contributed by atoms with van der Waals surface area (Å²) in [5.41, 5.74) is 0.754. The van der Waals surface area contributed by atoms with Gasteiger partial charge in [0.2, 0.25) is 0 Å². The lowest BCUT2D eigenvalue weighted by Crippen LogP contribution is -2.41. The number of unbranched alkanes of at least 4 members (excludes halogenated alkanes) is 1. The van der Waals surface area contributed by atoms with E-state index in [1.54, 1.807) is 12.1 Å². The third-order valence-corrected chi connectivity index (χ3v) is 5.22. The van der Waals surface area contributed by atoms with Gasteiger partial charge in [0.05, 0.1) is 18.1 Å². The van der Waals surface area contributed by atoms with Crippen LogP contribution in [-0.4, -0.2) is 45.5 Å². The van der Waals surface area contributed by atoms with Gasteiger partial charge in [-0.1, -0.05) is 43.4 Å². The van der Waals surface area contributed by atoms with Crippen LogP contribution in [-0.2, 0) is 9.59 Å². The van der Waals surface area contributed by atoms with Crippen LogP contribution in [0.1, 0.15) is 39.2 Å². The molecule has 0 aliphatic carbocycles. The number of benzene rings is 1. The van der Waals surface area contributed by atoms with E-state index in [9.17, 15) is 9.59 Å². The van der Waals surface area contributed by atoms with E-state index in [0.29, 0.717) is 29.6 Å². The Hall–Kier alpha value is -2.06. The first-order valence-electron chi connectivity index (χ1n) is 8.78.